The number of hydrogen-bond donors (Lipinski definition) is 1. The molecular weight excluding hydrogens is 306 g/mol. The first-order valence-corrected chi connectivity index (χ1v) is 7.89. The second-order valence-electron chi connectivity index (χ2n) is 5.68. The van der Waals surface area contributed by atoms with Gasteiger partial charge in [0.05, 0.1) is 12.6 Å². The molecule has 0 fully saturated rings. The van der Waals surface area contributed by atoms with Gasteiger partial charge in [-0.2, -0.15) is 0 Å². The molecule has 0 bridgehead atoms. The van der Waals surface area contributed by atoms with E-state index in [2.05, 4.69) is 5.32 Å². The molecule has 0 aliphatic carbocycles. The second kappa shape index (κ2) is 6.28. The van der Waals surface area contributed by atoms with Gasteiger partial charge in [-0.15, -0.1) is 0 Å². The van der Waals surface area contributed by atoms with E-state index in [1.807, 2.05) is 42.5 Å². The van der Waals surface area contributed by atoms with Crippen LogP contribution in [0.3, 0.4) is 0 Å². The summed E-state index contributed by atoms with van der Waals surface area (Å²) in [6.45, 7) is 0.847. The van der Waals surface area contributed by atoms with Crippen molar-refractivity contribution in [3.8, 4) is 17.2 Å². The number of rotatable bonds is 3. The Morgan fingerprint density at radius 1 is 1.04 bits per heavy atom. The first kappa shape index (κ1) is 14.6. The van der Waals surface area contributed by atoms with E-state index in [1.165, 1.54) is 6.08 Å². The zero-order valence-corrected chi connectivity index (χ0v) is 13.0. The third-order valence-corrected chi connectivity index (χ3v) is 4.10. The third-order valence-electron chi connectivity index (χ3n) is 4.10. The maximum absolute atomic E-state index is 12.2. The highest BCUT2D eigenvalue weighted by Crippen LogP contribution is 2.33. The highest BCUT2D eigenvalue weighted by atomic mass is 16.7. The van der Waals surface area contributed by atoms with E-state index in [-0.39, 0.29) is 18.7 Å². The summed E-state index contributed by atoms with van der Waals surface area (Å²) in [6.07, 6.45) is 4.07. The van der Waals surface area contributed by atoms with Crippen molar-refractivity contribution in [3.05, 3.63) is 59.7 Å². The zero-order valence-electron chi connectivity index (χ0n) is 13.0. The molecule has 122 valence electrons. The van der Waals surface area contributed by atoms with Crippen molar-refractivity contribution in [1.82, 2.24) is 5.32 Å². The van der Waals surface area contributed by atoms with Gasteiger partial charge in [0.25, 0.3) is 0 Å². The van der Waals surface area contributed by atoms with Crippen LogP contribution >= 0.6 is 0 Å². The smallest absolute Gasteiger partial charge is 0.244 e. The second-order valence-corrected chi connectivity index (χ2v) is 5.68. The summed E-state index contributed by atoms with van der Waals surface area (Å²) in [5.74, 6) is 2.15. The lowest BCUT2D eigenvalue weighted by Gasteiger charge is -2.26. The van der Waals surface area contributed by atoms with E-state index >= 15 is 0 Å². The van der Waals surface area contributed by atoms with Gasteiger partial charge in [-0.3, -0.25) is 4.79 Å². The molecule has 2 aromatic carbocycles. The minimum atomic E-state index is -0.130. The van der Waals surface area contributed by atoms with Crippen molar-refractivity contribution >= 4 is 12.0 Å². The molecule has 24 heavy (non-hydrogen) atoms. The number of carbonyl (C=O) groups is 1. The number of nitrogens with one attached hydrogen (secondary N) is 1. The van der Waals surface area contributed by atoms with Crippen molar-refractivity contribution in [2.24, 2.45) is 0 Å². The van der Waals surface area contributed by atoms with Gasteiger partial charge in [0.2, 0.25) is 12.7 Å². The van der Waals surface area contributed by atoms with Crippen molar-refractivity contribution in [2.45, 2.75) is 12.5 Å². The van der Waals surface area contributed by atoms with Crippen molar-refractivity contribution < 1.29 is 19.0 Å². The lowest BCUT2D eigenvalue weighted by molar-refractivity contribution is -0.117. The SMILES string of the molecule is O=C(/C=C/c1ccc2c(c1)OCO2)N[C@@H]1CCOc2ccccc21. The van der Waals surface area contributed by atoms with E-state index in [0.717, 1.165) is 29.0 Å². The normalized spacial score (nSPS) is 18.1. The topological polar surface area (TPSA) is 56.8 Å². The molecule has 2 aliphatic heterocycles. The largest absolute Gasteiger partial charge is 0.493 e. The van der Waals surface area contributed by atoms with Crippen LogP contribution in [0.2, 0.25) is 0 Å². The monoisotopic (exact) mass is 323 g/mol. The van der Waals surface area contributed by atoms with E-state index in [9.17, 15) is 4.79 Å². The molecule has 5 heteroatoms. The summed E-state index contributed by atoms with van der Waals surface area (Å²) >= 11 is 0. The van der Waals surface area contributed by atoms with Crippen molar-refractivity contribution in [2.75, 3.05) is 13.4 Å². The fraction of sp³-hybridized carbons (Fsp3) is 0.211. The number of benzene rings is 2. The van der Waals surface area contributed by atoms with Crippen LogP contribution in [0, 0.1) is 0 Å². The van der Waals surface area contributed by atoms with Crippen LogP contribution in [0.1, 0.15) is 23.6 Å². The molecular formula is C19H17NO4. The molecule has 2 aliphatic rings. The third kappa shape index (κ3) is 2.93. The number of hydrogen-bond acceptors (Lipinski definition) is 4. The highest BCUT2D eigenvalue weighted by molar-refractivity contribution is 5.92. The van der Waals surface area contributed by atoms with Gasteiger partial charge in [-0.05, 0) is 29.8 Å². The molecule has 1 amide bonds. The summed E-state index contributed by atoms with van der Waals surface area (Å²) in [7, 11) is 0. The Labute approximate surface area is 139 Å². The lowest BCUT2D eigenvalue weighted by atomic mass is 10.0. The molecule has 4 rings (SSSR count). The van der Waals surface area contributed by atoms with Crippen LogP contribution in [0.25, 0.3) is 6.08 Å². The fourth-order valence-electron chi connectivity index (χ4n) is 2.90. The fourth-order valence-corrected chi connectivity index (χ4v) is 2.90. The van der Waals surface area contributed by atoms with Crippen LogP contribution in [-0.4, -0.2) is 19.3 Å². The number of carbonyl (C=O) groups excluding carboxylic acids is 1. The van der Waals surface area contributed by atoms with E-state index < -0.39 is 0 Å². The molecule has 1 N–H and O–H groups in total. The van der Waals surface area contributed by atoms with Gasteiger partial charge in [-0.1, -0.05) is 24.3 Å². The Morgan fingerprint density at radius 3 is 2.88 bits per heavy atom. The molecule has 0 unspecified atom stereocenters. The highest BCUT2D eigenvalue weighted by Gasteiger charge is 2.21. The van der Waals surface area contributed by atoms with Gasteiger partial charge < -0.3 is 19.5 Å². The molecule has 2 aromatic rings. The summed E-state index contributed by atoms with van der Waals surface area (Å²) in [4.78, 5) is 12.2. The van der Waals surface area contributed by atoms with Crippen LogP contribution in [0.4, 0.5) is 0 Å². The summed E-state index contributed by atoms with van der Waals surface area (Å²) in [5.41, 5.74) is 1.91. The Balaban J connectivity index is 1.44. The standard InChI is InChI=1S/C19H17NO4/c21-19(8-6-13-5-7-17-18(11-13)24-12-23-17)20-15-9-10-22-16-4-2-1-3-14(15)16/h1-8,11,15H,9-10,12H2,(H,20,21)/b8-6+/t15-/m1/s1. The summed E-state index contributed by atoms with van der Waals surface area (Å²) < 4.78 is 16.2. The summed E-state index contributed by atoms with van der Waals surface area (Å²) in [6, 6.07) is 13.4. The molecule has 2 heterocycles. The van der Waals surface area contributed by atoms with Crippen LogP contribution in [0.5, 0.6) is 17.2 Å². The zero-order chi connectivity index (χ0) is 16.4. The molecule has 0 spiro atoms. The lowest BCUT2D eigenvalue weighted by Crippen LogP contribution is -2.30. The quantitative estimate of drug-likeness (QED) is 0.882. The molecule has 1 atom stereocenters. The van der Waals surface area contributed by atoms with E-state index in [4.69, 9.17) is 14.2 Å². The van der Waals surface area contributed by atoms with Gasteiger partial charge in [0.1, 0.15) is 5.75 Å². The average molecular weight is 323 g/mol. The van der Waals surface area contributed by atoms with Gasteiger partial charge in [-0.25, -0.2) is 0 Å². The molecule has 0 radical (unpaired) electrons. The van der Waals surface area contributed by atoms with Crippen LogP contribution in [0.15, 0.2) is 48.5 Å². The number of amides is 1. The first-order chi connectivity index (χ1) is 11.8. The van der Waals surface area contributed by atoms with Gasteiger partial charge in [0, 0.05) is 18.1 Å². The van der Waals surface area contributed by atoms with Crippen LogP contribution < -0.4 is 19.5 Å². The van der Waals surface area contributed by atoms with Crippen molar-refractivity contribution in [1.29, 1.82) is 0 Å². The van der Waals surface area contributed by atoms with Gasteiger partial charge in [0.15, 0.2) is 11.5 Å². The predicted octanol–water partition coefficient (Wildman–Crippen LogP) is 3.07. The van der Waals surface area contributed by atoms with Crippen LogP contribution in [-0.2, 0) is 4.79 Å². The Kier molecular flexibility index (Phi) is 3.83. The predicted molar refractivity (Wildman–Crippen MR) is 89.0 cm³/mol. The van der Waals surface area contributed by atoms with E-state index in [0.29, 0.717) is 12.4 Å². The number of para-hydroxylation sites is 1. The molecule has 0 aromatic heterocycles. The molecule has 5 nitrogen and oxygen atoms in total. The Bertz CT molecular complexity index is 800. The first-order valence-electron chi connectivity index (χ1n) is 7.89. The van der Waals surface area contributed by atoms with Crippen molar-refractivity contribution in [3.63, 3.8) is 0 Å². The van der Waals surface area contributed by atoms with Gasteiger partial charge >= 0.3 is 0 Å². The number of ether oxygens (including phenoxy) is 3. The molecule has 0 saturated carbocycles. The Hall–Kier alpha value is -2.95. The minimum absolute atomic E-state index is 0.0242. The Morgan fingerprint density at radius 2 is 1.92 bits per heavy atom. The molecule has 0 saturated heterocycles. The average Bonchev–Trinajstić information content (AvgIpc) is 3.08. The minimum Gasteiger partial charge on any atom is -0.493 e. The maximum Gasteiger partial charge on any atom is 0.244 e. The summed E-state index contributed by atoms with van der Waals surface area (Å²) in [5, 5.41) is 3.04. The van der Waals surface area contributed by atoms with E-state index in [1.54, 1.807) is 6.08 Å². The number of fused-ring (bicyclic) bond motifs is 2. The maximum atomic E-state index is 12.2.